The van der Waals surface area contributed by atoms with Crippen LogP contribution in [0.4, 0.5) is 0 Å². The number of carbonyl (C=O) groups excluding carboxylic acids is 1. The van der Waals surface area contributed by atoms with E-state index < -0.39 is 0 Å². The number of H-pyrrole nitrogens is 1. The Balaban J connectivity index is 1.53. The Labute approximate surface area is 152 Å². The fourth-order valence-corrected chi connectivity index (χ4v) is 3.60. The molecule has 2 N–H and O–H groups in total. The van der Waals surface area contributed by atoms with Gasteiger partial charge in [0.2, 0.25) is 0 Å². The summed E-state index contributed by atoms with van der Waals surface area (Å²) >= 11 is 0. The van der Waals surface area contributed by atoms with Crippen LogP contribution in [0.15, 0.2) is 42.6 Å². The normalized spacial score (nSPS) is 16.2. The SMILES string of the molecule is COc1ccc2c(c1)CCC[C@@H]2NC(=O)c1cc(-c2cccn2C)n[nH]1. The van der Waals surface area contributed by atoms with Crippen molar-refractivity contribution < 1.29 is 9.53 Å². The maximum Gasteiger partial charge on any atom is 0.269 e. The summed E-state index contributed by atoms with van der Waals surface area (Å²) < 4.78 is 7.29. The van der Waals surface area contributed by atoms with E-state index in [0.29, 0.717) is 5.69 Å². The number of fused-ring (bicyclic) bond motifs is 1. The number of nitrogens with one attached hydrogen (secondary N) is 2. The van der Waals surface area contributed by atoms with Gasteiger partial charge in [-0.05, 0) is 60.7 Å². The third-order valence-electron chi connectivity index (χ3n) is 5.00. The highest BCUT2D eigenvalue weighted by Gasteiger charge is 2.23. The maximum absolute atomic E-state index is 12.7. The summed E-state index contributed by atoms with van der Waals surface area (Å²) in [5, 5.41) is 10.3. The number of aromatic amines is 1. The van der Waals surface area contributed by atoms with Crippen molar-refractivity contribution in [1.82, 2.24) is 20.1 Å². The summed E-state index contributed by atoms with van der Waals surface area (Å²) in [5.41, 5.74) is 4.62. The molecule has 0 saturated carbocycles. The number of methoxy groups -OCH3 is 1. The monoisotopic (exact) mass is 350 g/mol. The third kappa shape index (κ3) is 2.98. The van der Waals surface area contributed by atoms with Crippen molar-refractivity contribution in [2.24, 2.45) is 7.05 Å². The molecule has 2 heterocycles. The first-order chi connectivity index (χ1) is 12.7. The standard InChI is InChI=1S/C20H22N4O2/c1-24-10-4-7-19(24)17-12-18(23-22-17)20(25)21-16-6-3-5-13-11-14(26-2)8-9-15(13)16/h4,7-12,16H,3,5-6H2,1-2H3,(H,21,25)(H,22,23)/t16-/m0/s1. The van der Waals surface area contributed by atoms with Gasteiger partial charge in [-0.15, -0.1) is 0 Å². The van der Waals surface area contributed by atoms with E-state index in [1.807, 2.05) is 36.0 Å². The van der Waals surface area contributed by atoms with E-state index >= 15 is 0 Å². The molecule has 0 aliphatic heterocycles. The molecule has 3 aromatic rings. The number of amides is 1. The maximum atomic E-state index is 12.7. The first kappa shape index (κ1) is 16.4. The molecule has 0 radical (unpaired) electrons. The lowest BCUT2D eigenvalue weighted by Crippen LogP contribution is -2.31. The second-order valence-corrected chi connectivity index (χ2v) is 6.65. The Morgan fingerprint density at radius 2 is 2.23 bits per heavy atom. The molecule has 26 heavy (non-hydrogen) atoms. The quantitative estimate of drug-likeness (QED) is 0.759. The van der Waals surface area contributed by atoms with Crippen LogP contribution in [0.25, 0.3) is 11.4 Å². The Morgan fingerprint density at radius 3 is 3.00 bits per heavy atom. The summed E-state index contributed by atoms with van der Waals surface area (Å²) in [4.78, 5) is 12.7. The van der Waals surface area contributed by atoms with Gasteiger partial charge in [-0.1, -0.05) is 6.07 Å². The van der Waals surface area contributed by atoms with Crippen LogP contribution in [0.3, 0.4) is 0 Å². The van der Waals surface area contributed by atoms with E-state index in [0.717, 1.165) is 36.4 Å². The Hall–Kier alpha value is -3.02. The van der Waals surface area contributed by atoms with Crippen LogP contribution in [-0.4, -0.2) is 27.8 Å². The average molecular weight is 350 g/mol. The Kier molecular flexibility index (Phi) is 4.24. The van der Waals surface area contributed by atoms with Crippen molar-refractivity contribution in [2.45, 2.75) is 25.3 Å². The zero-order valence-corrected chi connectivity index (χ0v) is 15.0. The van der Waals surface area contributed by atoms with Crippen LogP contribution in [0, 0.1) is 0 Å². The summed E-state index contributed by atoms with van der Waals surface area (Å²) in [6.45, 7) is 0. The molecule has 0 saturated heterocycles. The van der Waals surface area contributed by atoms with E-state index in [4.69, 9.17) is 4.74 Å². The van der Waals surface area contributed by atoms with E-state index in [9.17, 15) is 4.79 Å². The predicted octanol–water partition coefficient (Wildman–Crippen LogP) is 3.23. The molecule has 0 fully saturated rings. The first-order valence-corrected chi connectivity index (χ1v) is 8.80. The minimum absolute atomic E-state index is 0.0129. The number of aromatic nitrogens is 3. The highest BCUT2D eigenvalue weighted by molar-refractivity contribution is 5.93. The van der Waals surface area contributed by atoms with Gasteiger partial charge in [0, 0.05) is 13.2 Å². The van der Waals surface area contributed by atoms with Crippen molar-refractivity contribution in [3.8, 4) is 17.1 Å². The second-order valence-electron chi connectivity index (χ2n) is 6.65. The summed E-state index contributed by atoms with van der Waals surface area (Å²) in [5.74, 6) is 0.725. The summed E-state index contributed by atoms with van der Waals surface area (Å²) in [7, 11) is 3.63. The molecule has 6 nitrogen and oxygen atoms in total. The van der Waals surface area contributed by atoms with Gasteiger partial charge in [-0.25, -0.2) is 0 Å². The number of nitrogens with zero attached hydrogens (tertiary/aromatic N) is 2. The van der Waals surface area contributed by atoms with Crippen molar-refractivity contribution in [3.05, 3.63) is 59.4 Å². The fraction of sp³-hybridized carbons (Fsp3) is 0.300. The molecule has 0 spiro atoms. The lowest BCUT2D eigenvalue weighted by atomic mass is 9.87. The molecule has 0 unspecified atom stereocenters. The van der Waals surface area contributed by atoms with Crippen molar-refractivity contribution in [2.75, 3.05) is 7.11 Å². The highest BCUT2D eigenvalue weighted by atomic mass is 16.5. The molecule has 1 aromatic carbocycles. The number of ether oxygens (including phenoxy) is 1. The van der Waals surface area contributed by atoms with Crippen molar-refractivity contribution in [3.63, 3.8) is 0 Å². The third-order valence-corrected chi connectivity index (χ3v) is 5.00. The molecule has 1 aliphatic carbocycles. The predicted molar refractivity (Wildman–Crippen MR) is 99.1 cm³/mol. The highest BCUT2D eigenvalue weighted by Crippen LogP contribution is 2.32. The number of hydrogen-bond donors (Lipinski definition) is 2. The van der Waals surface area contributed by atoms with Crippen LogP contribution < -0.4 is 10.1 Å². The van der Waals surface area contributed by atoms with E-state index in [1.54, 1.807) is 13.2 Å². The van der Waals surface area contributed by atoms with Crippen molar-refractivity contribution >= 4 is 5.91 Å². The minimum Gasteiger partial charge on any atom is -0.497 e. The van der Waals surface area contributed by atoms with Gasteiger partial charge in [0.25, 0.3) is 5.91 Å². The van der Waals surface area contributed by atoms with Crippen molar-refractivity contribution in [1.29, 1.82) is 0 Å². The fourth-order valence-electron chi connectivity index (χ4n) is 3.60. The lowest BCUT2D eigenvalue weighted by Gasteiger charge is -2.26. The Morgan fingerprint density at radius 1 is 1.35 bits per heavy atom. The van der Waals surface area contributed by atoms with Crippen LogP contribution in [0.1, 0.15) is 40.5 Å². The smallest absolute Gasteiger partial charge is 0.269 e. The molecule has 134 valence electrons. The van der Waals surface area contributed by atoms with E-state index in [2.05, 4.69) is 27.6 Å². The van der Waals surface area contributed by atoms with Gasteiger partial charge in [-0.3, -0.25) is 9.89 Å². The van der Waals surface area contributed by atoms with Crippen LogP contribution in [0.5, 0.6) is 5.75 Å². The molecule has 1 atom stereocenters. The molecule has 2 aromatic heterocycles. The average Bonchev–Trinajstić information content (AvgIpc) is 3.30. The second kappa shape index (κ2) is 6.71. The van der Waals surface area contributed by atoms with Crippen LogP contribution >= 0.6 is 0 Å². The zero-order chi connectivity index (χ0) is 18.1. The summed E-state index contributed by atoms with van der Waals surface area (Å²) in [6.07, 6.45) is 4.95. The topological polar surface area (TPSA) is 71.9 Å². The molecule has 0 bridgehead atoms. The molecule has 1 aliphatic rings. The first-order valence-electron chi connectivity index (χ1n) is 8.80. The molecule has 4 rings (SSSR count). The molecule has 6 heteroatoms. The van der Waals surface area contributed by atoms with Gasteiger partial charge >= 0.3 is 0 Å². The largest absolute Gasteiger partial charge is 0.497 e. The molecule has 1 amide bonds. The van der Waals surface area contributed by atoms with Gasteiger partial charge < -0.3 is 14.6 Å². The van der Waals surface area contributed by atoms with E-state index in [1.165, 1.54) is 11.1 Å². The number of benzene rings is 1. The van der Waals surface area contributed by atoms with Gasteiger partial charge in [-0.2, -0.15) is 5.10 Å². The number of carbonyl (C=O) groups is 1. The van der Waals surface area contributed by atoms with Gasteiger partial charge in [0.1, 0.15) is 17.1 Å². The van der Waals surface area contributed by atoms with E-state index in [-0.39, 0.29) is 11.9 Å². The number of aryl methyl sites for hydroxylation is 2. The van der Waals surface area contributed by atoms with Crippen LogP contribution in [0.2, 0.25) is 0 Å². The van der Waals surface area contributed by atoms with Gasteiger partial charge in [0.15, 0.2) is 0 Å². The minimum atomic E-state index is -0.133. The summed E-state index contributed by atoms with van der Waals surface area (Å²) in [6, 6.07) is 11.8. The van der Waals surface area contributed by atoms with Gasteiger partial charge in [0.05, 0.1) is 18.8 Å². The lowest BCUT2D eigenvalue weighted by molar-refractivity contribution is 0.0927. The zero-order valence-electron chi connectivity index (χ0n) is 15.0. The number of hydrogen-bond acceptors (Lipinski definition) is 3. The Bertz CT molecular complexity index is 941. The van der Waals surface area contributed by atoms with Crippen LogP contribution in [-0.2, 0) is 13.5 Å². The molecular weight excluding hydrogens is 328 g/mol. The number of rotatable bonds is 4. The molecular formula is C20H22N4O2.